The van der Waals surface area contributed by atoms with E-state index in [-0.39, 0.29) is 11.3 Å². The molecule has 1 aliphatic rings. The zero-order valence-corrected chi connectivity index (χ0v) is 18.6. The highest BCUT2D eigenvalue weighted by Crippen LogP contribution is 2.39. The van der Waals surface area contributed by atoms with Crippen molar-refractivity contribution in [2.24, 2.45) is 0 Å². The zero-order chi connectivity index (χ0) is 22.4. The minimum atomic E-state index is -0.190. The fourth-order valence-electron chi connectivity index (χ4n) is 4.44. The summed E-state index contributed by atoms with van der Waals surface area (Å²) in [6.07, 6.45) is 5.05. The number of ether oxygens (including phenoxy) is 2. The standard InChI is InChI=1S/C26H29N3O3/c1-31-22-9-5-8-21(17-22)26(19-28-25(30)20-7-6-14-27-18-20)12-15-29(16-13-26)23-10-3-4-11-24(23)32-2/h3-11,14,17-18H,12-13,15-16,19H2,1-2H3,(H,28,30). The van der Waals surface area contributed by atoms with Crippen molar-refractivity contribution in [1.29, 1.82) is 0 Å². The van der Waals surface area contributed by atoms with Crippen LogP contribution in [-0.4, -0.2) is 44.7 Å². The number of carbonyl (C=O) groups excluding carboxylic acids is 1. The van der Waals surface area contributed by atoms with E-state index in [1.54, 1.807) is 38.7 Å². The molecule has 3 aromatic rings. The summed E-state index contributed by atoms with van der Waals surface area (Å²) in [5.74, 6) is 1.60. The maximum absolute atomic E-state index is 12.8. The highest BCUT2D eigenvalue weighted by Gasteiger charge is 2.37. The minimum absolute atomic E-state index is 0.104. The summed E-state index contributed by atoms with van der Waals surface area (Å²) in [5.41, 5.74) is 2.67. The Hall–Kier alpha value is -3.54. The van der Waals surface area contributed by atoms with E-state index in [2.05, 4.69) is 33.4 Å². The highest BCUT2D eigenvalue weighted by molar-refractivity contribution is 5.93. The van der Waals surface area contributed by atoms with Gasteiger partial charge in [-0.05, 0) is 54.8 Å². The average Bonchev–Trinajstić information content (AvgIpc) is 2.88. The molecule has 0 radical (unpaired) electrons. The molecule has 0 atom stereocenters. The van der Waals surface area contributed by atoms with Crippen LogP contribution in [0.4, 0.5) is 5.69 Å². The van der Waals surface area contributed by atoms with Crippen LogP contribution in [0.25, 0.3) is 0 Å². The van der Waals surface area contributed by atoms with Gasteiger partial charge < -0.3 is 19.7 Å². The van der Waals surface area contributed by atoms with Crippen molar-refractivity contribution in [3.8, 4) is 11.5 Å². The van der Waals surface area contributed by atoms with Gasteiger partial charge in [0.05, 0.1) is 25.5 Å². The van der Waals surface area contributed by atoms with Gasteiger partial charge in [-0.2, -0.15) is 0 Å². The molecule has 0 aliphatic carbocycles. The van der Waals surface area contributed by atoms with Crippen LogP contribution in [0.15, 0.2) is 73.1 Å². The normalized spacial score (nSPS) is 15.1. The fraction of sp³-hybridized carbons (Fsp3) is 0.308. The van der Waals surface area contributed by atoms with Gasteiger partial charge in [0.25, 0.3) is 5.91 Å². The molecule has 1 fully saturated rings. The number of para-hydroxylation sites is 2. The van der Waals surface area contributed by atoms with Gasteiger partial charge in [-0.1, -0.05) is 24.3 Å². The van der Waals surface area contributed by atoms with Crippen LogP contribution >= 0.6 is 0 Å². The van der Waals surface area contributed by atoms with Crippen molar-refractivity contribution in [3.05, 3.63) is 84.2 Å². The predicted octanol–water partition coefficient (Wildman–Crippen LogP) is 4.07. The summed E-state index contributed by atoms with van der Waals surface area (Å²) < 4.78 is 11.1. The number of nitrogens with zero attached hydrogens (tertiary/aromatic N) is 2. The van der Waals surface area contributed by atoms with E-state index >= 15 is 0 Å². The van der Waals surface area contributed by atoms with Crippen LogP contribution < -0.4 is 19.7 Å². The lowest BCUT2D eigenvalue weighted by Crippen LogP contribution is -2.49. The molecule has 0 unspecified atom stereocenters. The lowest BCUT2D eigenvalue weighted by atomic mass is 9.72. The van der Waals surface area contributed by atoms with Gasteiger partial charge >= 0.3 is 0 Å². The lowest BCUT2D eigenvalue weighted by molar-refractivity contribution is 0.0938. The number of amides is 1. The number of aromatic nitrogens is 1. The van der Waals surface area contributed by atoms with Crippen LogP contribution in [0.5, 0.6) is 11.5 Å². The van der Waals surface area contributed by atoms with Crippen molar-refractivity contribution in [2.45, 2.75) is 18.3 Å². The number of nitrogens with one attached hydrogen (secondary N) is 1. The number of carbonyl (C=O) groups is 1. The van der Waals surface area contributed by atoms with Crippen LogP contribution in [0.2, 0.25) is 0 Å². The van der Waals surface area contributed by atoms with E-state index in [0.717, 1.165) is 43.1 Å². The second-order valence-electron chi connectivity index (χ2n) is 8.10. The number of rotatable bonds is 7. The number of anilines is 1. The van der Waals surface area contributed by atoms with Gasteiger partial charge in [0.1, 0.15) is 11.5 Å². The van der Waals surface area contributed by atoms with Gasteiger partial charge in [-0.15, -0.1) is 0 Å². The van der Waals surface area contributed by atoms with Crippen molar-refractivity contribution in [1.82, 2.24) is 10.3 Å². The second kappa shape index (κ2) is 9.73. The van der Waals surface area contributed by atoms with Crippen molar-refractivity contribution in [2.75, 3.05) is 38.8 Å². The van der Waals surface area contributed by atoms with E-state index in [4.69, 9.17) is 9.47 Å². The Morgan fingerprint density at radius 1 is 1.03 bits per heavy atom. The molecule has 1 aliphatic heterocycles. The first kappa shape index (κ1) is 21.7. The van der Waals surface area contributed by atoms with Crippen molar-refractivity contribution in [3.63, 3.8) is 0 Å². The average molecular weight is 432 g/mol. The number of piperidine rings is 1. The number of hydrogen-bond donors (Lipinski definition) is 1. The molecule has 1 aromatic heterocycles. The van der Waals surface area contributed by atoms with Crippen LogP contribution in [0.1, 0.15) is 28.8 Å². The predicted molar refractivity (Wildman–Crippen MR) is 126 cm³/mol. The van der Waals surface area contributed by atoms with Crippen LogP contribution in [-0.2, 0) is 5.41 Å². The van der Waals surface area contributed by atoms with E-state index in [9.17, 15) is 4.79 Å². The van der Waals surface area contributed by atoms with Crippen LogP contribution in [0.3, 0.4) is 0 Å². The summed E-state index contributed by atoms with van der Waals surface area (Å²) in [7, 11) is 3.39. The molecule has 166 valence electrons. The van der Waals surface area contributed by atoms with E-state index < -0.39 is 0 Å². The fourth-order valence-corrected chi connectivity index (χ4v) is 4.44. The van der Waals surface area contributed by atoms with E-state index in [1.807, 2.05) is 30.3 Å². The first-order valence-electron chi connectivity index (χ1n) is 10.9. The monoisotopic (exact) mass is 431 g/mol. The molecule has 1 amide bonds. The summed E-state index contributed by atoms with van der Waals surface area (Å²) in [6.45, 7) is 2.27. The Morgan fingerprint density at radius 2 is 1.84 bits per heavy atom. The Labute approximate surface area is 189 Å². The van der Waals surface area contributed by atoms with Crippen molar-refractivity contribution < 1.29 is 14.3 Å². The zero-order valence-electron chi connectivity index (χ0n) is 18.6. The second-order valence-corrected chi connectivity index (χ2v) is 8.10. The molecule has 2 heterocycles. The maximum atomic E-state index is 12.8. The molecule has 2 aromatic carbocycles. The van der Waals surface area contributed by atoms with Crippen LogP contribution in [0, 0.1) is 0 Å². The third kappa shape index (κ3) is 4.54. The van der Waals surface area contributed by atoms with Gasteiger partial charge in [-0.25, -0.2) is 0 Å². The quantitative estimate of drug-likeness (QED) is 0.611. The Bertz CT molecular complexity index is 1050. The Morgan fingerprint density at radius 3 is 2.56 bits per heavy atom. The van der Waals surface area contributed by atoms with E-state index in [0.29, 0.717) is 12.1 Å². The third-order valence-corrected chi connectivity index (χ3v) is 6.34. The topological polar surface area (TPSA) is 63.7 Å². The summed E-state index contributed by atoms with van der Waals surface area (Å²) in [6, 6.07) is 19.9. The third-order valence-electron chi connectivity index (χ3n) is 6.34. The smallest absolute Gasteiger partial charge is 0.252 e. The maximum Gasteiger partial charge on any atom is 0.252 e. The Kier molecular flexibility index (Phi) is 6.59. The summed E-state index contributed by atoms with van der Waals surface area (Å²) in [4.78, 5) is 19.2. The molecular formula is C26H29N3O3. The molecule has 1 saturated heterocycles. The SMILES string of the molecule is COc1cccc(C2(CNC(=O)c3cccnc3)CCN(c3ccccc3OC)CC2)c1. The van der Waals surface area contributed by atoms with Gasteiger partial charge in [0, 0.05) is 37.4 Å². The number of benzene rings is 2. The number of hydrogen-bond acceptors (Lipinski definition) is 5. The minimum Gasteiger partial charge on any atom is -0.497 e. The van der Waals surface area contributed by atoms with Gasteiger partial charge in [-0.3, -0.25) is 9.78 Å². The molecule has 6 heteroatoms. The highest BCUT2D eigenvalue weighted by atomic mass is 16.5. The molecule has 6 nitrogen and oxygen atoms in total. The lowest BCUT2D eigenvalue weighted by Gasteiger charge is -2.43. The number of methoxy groups -OCH3 is 2. The molecule has 1 N–H and O–H groups in total. The first-order chi connectivity index (χ1) is 15.6. The summed E-state index contributed by atoms with van der Waals surface area (Å²) in [5, 5.41) is 3.16. The number of pyridine rings is 1. The molecular weight excluding hydrogens is 402 g/mol. The van der Waals surface area contributed by atoms with Gasteiger partial charge in [0.2, 0.25) is 0 Å². The van der Waals surface area contributed by atoms with E-state index in [1.165, 1.54) is 5.56 Å². The Balaban J connectivity index is 1.57. The van der Waals surface area contributed by atoms with Gasteiger partial charge in [0.15, 0.2) is 0 Å². The largest absolute Gasteiger partial charge is 0.497 e. The molecule has 32 heavy (non-hydrogen) atoms. The van der Waals surface area contributed by atoms with Crippen molar-refractivity contribution >= 4 is 11.6 Å². The molecule has 4 rings (SSSR count). The molecule has 0 bridgehead atoms. The first-order valence-corrected chi connectivity index (χ1v) is 10.9. The summed E-state index contributed by atoms with van der Waals surface area (Å²) >= 11 is 0. The molecule has 0 spiro atoms. The molecule has 0 saturated carbocycles.